The Kier molecular flexibility index (Phi) is 6.98. The first-order valence-corrected chi connectivity index (χ1v) is 8.01. The summed E-state index contributed by atoms with van der Waals surface area (Å²) in [5.41, 5.74) is 0.896. The first kappa shape index (κ1) is 19.0. The molecule has 0 aliphatic heterocycles. The zero-order valence-corrected chi connectivity index (χ0v) is 14.5. The lowest BCUT2D eigenvalue weighted by Crippen LogP contribution is -2.28. The van der Waals surface area contributed by atoms with Crippen LogP contribution in [0.1, 0.15) is 11.1 Å². The lowest BCUT2D eigenvalue weighted by atomic mass is 10.2. The van der Waals surface area contributed by atoms with Crippen LogP contribution in [0.25, 0.3) is 6.08 Å². The van der Waals surface area contributed by atoms with Gasteiger partial charge in [-0.2, -0.15) is 0 Å². The fourth-order valence-corrected chi connectivity index (χ4v) is 2.34. The SMILES string of the molecule is O=C(COC(=O)/C=C/c1c(F)cccc1Cl)NCc1cccc(Cl)c1. The average Bonchev–Trinajstić information content (AvgIpc) is 2.58. The van der Waals surface area contributed by atoms with Gasteiger partial charge in [0.1, 0.15) is 5.82 Å². The van der Waals surface area contributed by atoms with E-state index in [4.69, 9.17) is 27.9 Å². The van der Waals surface area contributed by atoms with Crippen molar-refractivity contribution >= 4 is 41.2 Å². The summed E-state index contributed by atoms with van der Waals surface area (Å²) in [6, 6.07) is 11.2. The highest BCUT2D eigenvalue weighted by atomic mass is 35.5. The number of carbonyl (C=O) groups is 2. The molecule has 25 heavy (non-hydrogen) atoms. The molecule has 0 saturated carbocycles. The first-order valence-electron chi connectivity index (χ1n) is 7.25. The first-order chi connectivity index (χ1) is 12.0. The lowest BCUT2D eigenvalue weighted by Gasteiger charge is -2.06. The lowest BCUT2D eigenvalue weighted by molar-refractivity contribution is -0.143. The third-order valence-electron chi connectivity index (χ3n) is 3.11. The molecule has 0 fully saturated rings. The number of nitrogens with one attached hydrogen (secondary N) is 1. The van der Waals surface area contributed by atoms with Gasteiger partial charge in [0, 0.05) is 23.2 Å². The summed E-state index contributed by atoms with van der Waals surface area (Å²) >= 11 is 11.7. The van der Waals surface area contributed by atoms with Crippen LogP contribution in [0.4, 0.5) is 4.39 Å². The van der Waals surface area contributed by atoms with Crippen molar-refractivity contribution in [1.29, 1.82) is 0 Å². The van der Waals surface area contributed by atoms with E-state index in [9.17, 15) is 14.0 Å². The van der Waals surface area contributed by atoms with Crippen molar-refractivity contribution in [2.75, 3.05) is 6.61 Å². The summed E-state index contributed by atoms with van der Waals surface area (Å²) in [7, 11) is 0. The number of rotatable bonds is 6. The maximum absolute atomic E-state index is 13.5. The predicted molar refractivity (Wildman–Crippen MR) is 94.7 cm³/mol. The van der Waals surface area contributed by atoms with Crippen LogP contribution in [-0.2, 0) is 20.9 Å². The van der Waals surface area contributed by atoms with Gasteiger partial charge in [-0.05, 0) is 35.9 Å². The molecule has 0 aromatic heterocycles. The van der Waals surface area contributed by atoms with E-state index in [1.165, 1.54) is 24.3 Å². The standard InChI is InChI=1S/C18H14Cl2FNO3/c19-13-4-1-3-12(9-13)10-22-17(23)11-25-18(24)8-7-14-15(20)5-2-6-16(14)21/h1-9H,10-11H2,(H,22,23)/b8-7+. The molecule has 0 unspecified atom stereocenters. The number of hydrogen-bond acceptors (Lipinski definition) is 3. The van der Waals surface area contributed by atoms with Crippen LogP contribution in [0.2, 0.25) is 10.0 Å². The van der Waals surface area contributed by atoms with E-state index < -0.39 is 24.3 Å². The smallest absolute Gasteiger partial charge is 0.331 e. The number of hydrogen-bond donors (Lipinski definition) is 1. The minimum Gasteiger partial charge on any atom is -0.452 e. The number of carbonyl (C=O) groups excluding carboxylic acids is 2. The molecule has 2 aromatic carbocycles. The van der Waals surface area contributed by atoms with E-state index >= 15 is 0 Å². The third kappa shape index (κ3) is 6.21. The molecule has 0 spiro atoms. The van der Waals surface area contributed by atoms with E-state index in [1.54, 1.807) is 24.3 Å². The van der Waals surface area contributed by atoms with Crippen LogP contribution >= 0.6 is 23.2 Å². The second-order valence-electron chi connectivity index (χ2n) is 4.98. The molecule has 2 aromatic rings. The maximum Gasteiger partial charge on any atom is 0.331 e. The number of ether oxygens (including phenoxy) is 1. The fraction of sp³-hybridized carbons (Fsp3) is 0.111. The predicted octanol–water partition coefficient (Wildman–Crippen LogP) is 4.01. The van der Waals surface area contributed by atoms with Crippen LogP contribution in [0.5, 0.6) is 0 Å². The van der Waals surface area contributed by atoms with E-state index in [2.05, 4.69) is 5.32 Å². The highest BCUT2D eigenvalue weighted by Crippen LogP contribution is 2.20. The molecule has 1 amide bonds. The third-order valence-corrected chi connectivity index (χ3v) is 3.67. The summed E-state index contributed by atoms with van der Waals surface area (Å²) < 4.78 is 18.3. The summed E-state index contributed by atoms with van der Waals surface area (Å²) in [4.78, 5) is 23.3. The number of amides is 1. The van der Waals surface area contributed by atoms with Crippen LogP contribution in [0.15, 0.2) is 48.5 Å². The minimum atomic E-state index is -0.780. The Hall–Kier alpha value is -2.37. The van der Waals surface area contributed by atoms with Gasteiger partial charge in [0.15, 0.2) is 6.61 Å². The molecule has 0 aliphatic carbocycles. The summed E-state index contributed by atoms with van der Waals surface area (Å²) in [5, 5.41) is 3.33. The van der Waals surface area contributed by atoms with E-state index in [0.717, 1.165) is 11.6 Å². The van der Waals surface area contributed by atoms with E-state index in [0.29, 0.717) is 5.02 Å². The topological polar surface area (TPSA) is 55.4 Å². The number of halogens is 3. The van der Waals surface area contributed by atoms with Crippen molar-refractivity contribution in [3.05, 3.63) is 75.5 Å². The van der Waals surface area contributed by atoms with E-state index in [1.807, 2.05) is 0 Å². The Labute approximate surface area is 154 Å². The summed E-state index contributed by atoms with van der Waals surface area (Å²) in [6.07, 6.45) is 2.21. The van der Waals surface area contributed by atoms with Crippen molar-refractivity contribution < 1.29 is 18.7 Å². The van der Waals surface area contributed by atoms with Crippen molar-refractivity contribution in [2.45, 2.75) is 6.54 Å². The second-order valence-corrected chi connectivity index (χ2v) is 5.83. The Morgan fingerprint density at radius 3 is 2.64 bits per heavy atom. The molecule has 0 heterocycles. The van der Waals surface area contributed by atoms with Crippen molar-refractivity contribution in [3.8, 4) is 0 Å². The quantitative estimate of drug-likeness (QED) is 0.607. The highest BCUT2D eigenvalue weighted by Gasteiger charge is 2.07. The van der Waals surface area contributed by atoms with Gasteiger partial charge in [0.05, 0.1) is 5.02 Å². The van der Waals surface area contributed by atoms with Gasteiger partial charge >= 0.3 is 5.97 Å². The van der Waals surface area contributed by atoms with Gasteiger partial charge in [-0.25, -0.2) is 9.18 Å². The van der Waals surface area contributed by atoms with Crippen LogP contribution in [0.3, 0.4) is 0 Å². The molecule has 2 rings (SSSR count). The molecule has 0 bridgehead atoms. The largest absolute Gasteiger partial charge is 0.452 e. The van der Waals surface area contributed by atoms with Crippen LogP contribution in [-0.4, -0.2) is 18.5 Å². The molecule has 7 heteroatoms. The van der Waals surface area contributed by atoms with Crippen LogP contribution < -0.4 is 5.32 Å². The van der Waals surface area contributed by atoms with Crippen LogP contribution in [0, 0.1) is 5.82 Å². The van der Waals surface area contributed by atoms with Crippen molar-refractivity contribution in [3.63, 3.8) is 0 Å². The zero-order chi connectivity index (χ0) is 18.2. The summed E-state index contributed by atoms with van der Waals surface area (Å²) in [6.45, 7) is -0.188. The second kappa shape index (κ2) is 9.20. The molecular weight excluding hydrogens is 368 g/mol. The van der Waals surface area contributed by atoms with Gasteiger partial charge in [-0.3, -0.25) is 4.79 Å². The molecular formula is C18H14Cl2FNO3. The minimum absolute atomic E-state index is 0.0755. The fourth-order valence-electron chi connectivity index (χ4n) is 1.90. The van der Waals surface area contributed by atoms with Gasteiger partial charge < -0.3 is 10.1 Å². The van der Waals surface area contributed by atoms with Gasteiger partial charge in [-0.15, -0.1) is 0 Å². The van der Waals surface area contributed by atoms with E-state index in [-0.39, 0.29) is 17.1 Å². The normalized spacial score (nSPS) is 10.7. The molecule has 0 radical (unpaired) electrons. The van der Waals surface area contributed by atoms with Gasteiger partial charge in [0.25, 0.3) is 5.91 Å². The Morgan fingerprint density at radius 1 is 1.16 bits per heavy atom. The van der Waals surface area contributed by atoms with Crippen molar-refractivity contribution in [2.24, 2.45) is 0 Å². The average molecular weight is 382 g/mol. The Morgan fingerprint density at radius 2 is 1.92 bits per heavy atom. The number of esters is 1. The summed E-state index contributed by atoms with van der Waals surface area (Å²) in [5.74, 6) is -1.81. The Balaban J connectivity index is 1.79. The van der Waals surface area contributed by atoms with Crippen molar-refractivity contribution in [1.82, 2.24) is 5.32 Å². The van der Waals surface area contributed by atoms with Gasteiger partial charge in [0.2, 0.25) is 0 Å². The Bertz CT molecular complexity index is 788. The number of benzene rings is 2. The molecule has 130 valence electrons. The monoisotopic (exact) mass is 381 g/mol. The molecule has 4 nitrogen and oxygen atoms in total. The molecule has 0 saturated heterocycles. The van der Waals surface area contributed by atoms with Gasteiger partial charge in [-0.1, -0.05) is 41.4 Å². The molecule has 0 aliphatic rings. The highest BCUT2D eigenvalue weighted by molar-refractivity contribution is 6.32. The maximum atomic E-state index is 13.5. The molecule has 0 atom stereocenters. The zero-order valence-electron chi connectivity index (χ0n) is 13.0. The molecule has 1 N–H and O–H groups in total.